The lowest BCUT2D eigenvalue weighted by molar-refractivity contribution is -0.132. The normalized spacial score (nSPS) is 10.8. The molecule has 0 saturated heterocycles. The van der Waals surface area contributed by atoms with Crippen LogP contribution in [0.4, 0.5) is 0 Å². The van der Waals surface area contributed by atoms with Crippen molar-refractivity contribution in [1.82, 2.24) is 9.80 Å². The van der Waals surface area contributed by atoms with Crippen LogP contribution in [-0.2, 0) is 11.3 Å². The quantitative estimate of drug-likeness (QED) is 0.691. The van der Waals surface area contributed by atoms with Crippen LogP contribution < -0.4 is 0 Å². The van der Waals surface area contributed by atoms with E-state index in [1.54, 1.807) is 0 Å². The Labute approximate surface area is 123 Å². The summed E-state index contributed by atoms with van der Waals surface area (Å²) in [5, 5.41) is 0. The summed E-state index contributed by atoms with van der Waals surface area (Å²) in [6.07, 6.45) is 2.19. The van der Waals surface area contributed by atoms with E-state index in [1.807, 2.05) is 30.0 Å². The van der Waals surface area contributed by atoms with Crippen molar-refractivity contribution in [1.29, 1.82) is 0 Å². The standard InChI is InChI=1S/C17H28N2O/c1-4-12-18(13-5-2)15-17(20)19(6-3)14-16-10-8-7-9-11-16/h7-11H,4-6,12-15H2,1-3H3. The minimum Gasteiger partial charge on any atom is -0.338 e. The smallest absolute Gasteiger partial charge is 0.237 e. The summed E-state index contributed by atoms with van der Waals surface area (Å²) >= 11 is 0. The Kier molecular flexibility index (Phi) is 7.97. The average molecular weight is 276 g/mol. The highest BCUT2D eigenvalue weighted by Crippen LogP contribution is 2.06. The monoisotopic (exact) mass is 276 g/mol. The molecular weight excluding hydrogens is 248 g/mol. The lowest BCUT2D eigenvalue weighted by atomic mass is 10.2. The SMILES string of the molecule is CCCN(CCC)CC(=O)N(CC)Cc1ccccc1. The topological polar surface area (TPSA) is 23.6 Å². The zero-order valence-corrected chi connectivity index (χ0v) is 13.1. The van der Waals surface area contributed by atoms with Crippen molar-refractivity contribution in [2.24, 2.45) is 0 Å². The van der Waals surface area contributed by atoms with E-state index >= 15 is 0 Å². The van der Waals surface area contributed by atoms with E-state index in [2.05, 4.69) is 30.9 Å². The van der Waals surface area contributed by atoms with Crippen LogP contribution >= 0.6 is 0 Å². The molecule has 1 aromatic carbocycles. The Bertz CT molecular complexity index is 372. The molecule has 0 aliphatic rings. The lowest BCUT2D eigenvalue weighted by Crippen LogP contribution is -2.40. The first kappa shape index (κ1) is 16.7. The number of rotatable bonds is 9. The van der Waals surface area contributed by atoms with Crippen LogP contribution in [0.15, 0.2) is 30.3 Å². The molecular formula is C17H28N2O. The van der Waals surface area contributed by atoms with Crippen molar-refractivity contribution < 1.29 is 4.79 Å². The second-order valence-corrected chi connectivity index (χ2v) is 5.17. The largest absolute Gasteiger partial charge is 0.338 e. The second kappa shape index (κ2) is 9.54. The molecule has 3 nitrogen and oxygen atoms in total. The van der Waals surface area contributed by atoms with Crippen molar-refractivity contribution in [3.05, 3.63) is 35.9 Å². The van der Waals surface area contributed by atoms with Gasteiger partial charge in [0.15, 0.2) is 0 Å². The van der Waals surface area contributed by atoms with Gasteiger partial charge < -0.3 is 4.90 Å². The predicted octanol–water partition coefficient (Wildman–Crippen LogP) is 3.16. The van der Waals surface area contributed by atoms with Gasteiger partial charge in [-0.1, -0.05) is 44.2 Å². The molecule has 112 valence electrons. The fourth-order valence-corrected chi connectivity index (χ4v) is 2.37. The van der Waals surface area contributed by atoms with Crippen molar-refractivity contribution in [2.45, 2.75) is 40.2 Å². The highest BCUT2D eigenvalue weighted by atomic mass is 16.2. The van der Waals surface area contributed by atoms with Crippen LogP contribution in [0.1, 0.15) is 39.2 Å². The van der Waals surface area contributed by atoms with E-state index in [1.165, 1.54) is 5.56 Å². The number of amides is 1. The van der Waals surface area contributed by atoms with E-state index in [0.717, 1.165) is 32.5 Å². The summed E-state index contributed by atoms with van der Waals surface area (Å²) in [7, 11) is 0. The molecule has 0 saturated carbocycles. The maximum Gasteiger partial charge on any atom is 0.237 e. The van der Waals surface area contributed by atoms with Crippen LogP contribution in [-0.4, -0.2) is 41.9 Å². The van der Waals surface area contributed by atoms with Gasteiger partial charge in [-0.25, -0.2) is 0 Å². The van der Waals surface area contributed by atoms with Gasteiger partial charge >= 0.3 is 0 Å². The van der Waals surface area contributed by atoms with Gasteiger partial charge in [0.2, 0.25) is 5.91 Å². The maximum atomic E-state index is 12.4. The molecule has 20 heavy (non-hydrogen) atoms. The van der Waals surface area contributed by atoms with Gasteiger partial charge in [0.25, 0.3) is 0 Å². The molecule has 0 unspecified atom stereocenters. The van der Waals surface area contributed by atoms with Gasteiger partial charge in [-0.15, -0.1) is 0 Å². The molecule has 1 amide bonds. The van der Waals surface area contributed by atoms with Gasteiger partial charge in [-0.2, -0.15) is 0 Å². The molecule has 0 aromatic heterocycles. The minimum absolute atomic E-state index is 0.234. The molecule has 0 bridgehead atoms. The molecule has 0 N–H and O–H groups in total. The molecule has 0 radical (unpaired) electrons. The minimum atomic E-state index is 0.234. The molecule has 1 aromatic rings. The fourth-order valence-electron chi connectivity index (χ4n) is 2.37. The molecule has 0 spiro atoms. The van der Waals surface area contributed by atoms with Gasteiger partial charge in [0, 0.05) is 13.1 Å². The van der Waals surface area contributed by atoms with Crippen LogP contribution in [0.2, 0.25) is 0 Å². The van der Waals surface area contributed by atoms with Gasteiger partial charge in [-0.3, -0.25) is 9.69 Å². The Morgan fingerprint density at radius 2 is 1.60 bits per heavy atom. The fraction of sp³-hybridized carbons (Fsp3) is 0.588. The van der Waals surface area contributed by atoms with Crippen molar-refractivity contribution in [2.75, 3.05) is 26.2 Å². The predicted molar refractivity (Wildman–Crippen MR) is 84.6 cm³/mol. The number of nitrogens with zero attached hydrogens (tertiary/aromatic N) is 2. The summed E-state index contributed by atoms with van der Waals surface area (Å²) in [5.74, 6) is 0.234. The van der Waals surface area contributed by atoms with E-state index in [-0.39, 0.29) is 5.91 Å². The summed E-state index contributed by atoms with van der Waals surface area (Å²) in [4.78, 5) is 16.6. The van der Waals surface area contributed by atoms with Gasteiger partial charge in [-0.05, 0) is 38.4 Å². The Balaban J connectivity index is 2.57. The third kappa shape index (κ3) is 5.74. The van der Waals surface area contributed by atoms with E-state index in [0.29, 0.717) is 13.1 Å². The summed E-state index contributed by atoms with van der Waals surface area (Å²) < 4.78 is 0. The van der Waals surface area contributed by atoms with E-state index < -0.39 is 0 Å². The zero-order chi connectivity index (χ0) is 14.8. The van der Waals surface area contributed by atoms with Crippen molar-refractivity contribution in [3.8, 4) is 0 Å². The first-order valence-electron chi connectivity index (χ1n) is 7.75. The average Bonchev–Trinajstić information content (AvgIpc) is 2.46. The molecule has 1 rings (SSSR count). The second-order valence-electron chi connectivity index (χ2n) is 5.17. The van der Waals surface area contributed by atoms with Gasteiger partial charge in [0.05, 0.1) is 6.54 Å². The number of benzene rings is 1. The van der Waals surface area contributed by atoms with Crippen molar-refractivity contribution in [3.63, 3.8) is 0 Å². The van der Waals surface area contributed by atoms with Crippen LogP contribution in [0.5, 0.6) is 0 Å². The molecule has 0 heterocycles. The first-order valence-corrected chi connectivity index (χ1v) is 7.75. The van der Waals surface area contributed by atoms with Crippen LogP contribution in [0, 0.1) is 0 Å². The zero-order valence-electron chi connectivity index (χ0n) is 13.1. The van der Waals surface area contributed by atoms with Crippen LogP contribution in [0.3, 0.4) is 0 Å². The van der Waals surface area contributed by atoms with Crippen LogP contribution in [0.25, 0.3) is 0 Å². The number of hydrogen-bond donors (Lipinski definition) is 0. The summed E-state index contributed by atoms with van der Waals surface area (Å²) in [6, 6.07) is 10.2. The molecule has 0 fully saturated rings. The first-order chi connectivity index (χ1) is 9.71. The Morgan fingerprint density at radius 3 is 2.10 bits per heavy atom. The van der Waals surface area contributed by atoms with Crippen molar-refractivity contribution >= 4 is 5.91 Å². The highest BCUT2D eigenvalue weighted by Gasteiger charge is 2.15. The molecule has 0 aliphatic heterocycles. The third-order valence-corrected chi connectivity index (χ3v) is 3.39. The summed E-state index contributed by atoms with van der Waals surface area (Å²) in [5.41, 5.74) is 1.19. The molecule has 0 aliphatic carbocycles. The number of likely N-dealkylation sites (N-methyl/N-ethyl adjacent to an activating group) is 1. The van der Waals surface area contributed by atoms with E-state index in [4.69, 9.17) is 0 Å². The number of hydrogen-bond acceptors (Lipinski definition) is 2. The highest BCUT2D eigenvalue weighted by molar-refractivity contribution is 5.78. The number of carbonyl (C=O) groups excluding carboxylic acids is 1. The Hall–Kier alpha value is -1.35. The summed E-state index contributed by atoms with van der Waals surface area (Å²) in [6.45, 7) is 10.4. The lowest BCUT2D eigenvalue weighted by Gasteiger charge is -2.26. The number of carbonyl (C=O) groups is 1. The molecule has 0 atom stereocenters. The molecule has 3 heteroatoms. The van der Waals surface area contributed by atoms with Gasteiger partial charge in [0.1, 0.15) is 0 Å². The van der Waals surface area contributed by atoms with E-state index in [9.17, 15) is 4.79 Å². The maximum absolute atomic E-state index is 12.4. The Morgan fingerprint density at radius 1 is 1.00 bits per heavy atom. The third-order valence-electron chi connectivity index (χ3n) is 3.39.